The van der Waals surface area contributed by atoms with Gasteiger partial charge in [0.25, 0.3) is 0 Å². The second-order valence-electron chi connectivity index (χ2n) is 3.31. The molecule has 1 aromatic heterocycles. The highest BCUT2D eigenvalue weighted by molar-refractivity contribution is 6.30. The van der Waals surface area contributed by atoms with Crippen molar-refractivity contribution in [3.8, 4) is 0 Å². The van der Waals surface area contributed by atoms with Crippen molar-refractivity contribution in [2.45, 2.75) is 6.54 Å². The first kappa shape index (κ1) is 10.9. The van der Waals surface area contributed by atoms with E-state index in [0.29, 0.717) is 11.6 Å². The minimum absolute atomic E-state index is 0.262. The molecule has 0 aliphatic heterocycles. The molecule has 4 heteroatoms. The molecule has 0 spiro atoms. The molecule has 0 unspecified atom stereocenters. The lowest BCUT2D eigenvalue weighted by Crippen LogP contribution is -2.02. The van der Waals surface area contributed by atoms with Crippen LogP contribution in [-0.2, 0) is 6.54 Å². The Labute approximate surface area is 98.1 Å². The molecular weight excluding hydrogens is 227 g/mol. The number of nitrogens with one attached hydrogen (secondary N) is 1. The Bertz CT molecular complexity index is 471. The van der Waals surface area contributed by atoms with E-state index in [4.69, 9.17) is 11.6 Å². The molecule has 1 heterocycles. The molecule has 0 saturated carbocycles. The van der Waals surface area contributed by atoms with E-state index in [0.717, 1.165) is 5.56 Å². The maximum Gasteiger partial charge on any atom is 0.165 e. The minimum Gasteiger partial charge on any atom is -0.364 e. The lowest BCUT2D eigenvalue weighted by atomic mass is 10.2. The lowest BCUT2D eigenvalue weighted by molar-refractivity contribution is 0.624. The number of aromatic nitrogens is 1. The fourth-order valence-electron chi connectivity index (χ4n) is 1.30. The van der Waals surface area contributed by atoms with Crippen molar-refractivity contribution in [1.29, 1.82) is 0 Å². The van der Waals surface area contributed by atoms with Gasteiger partial charge in [-0.3, -0.25) is 0 Å². The average molecular weight is 237 g/mol. The third-order valence-corrected chi connectivity index (χ3v) is 2.38. The summed E-state index contributed by atoms with van der Waals surface area (Å²) in [5.41, 5.74) is 1.02. The SMILES string of the molecule is Fc1cccnc1NCc1ccc(Cl)cc1. The van der Waals surface area contributed by atoms with Crippen molar-refractivity contribution in [1.82, 2.24) is 4.98 Å². The molecule has 0 amide bonds. The van der Waals surface area contributed by atoms with Gasteiger partial charge in [-0.25, -0.2) is 9.37 Å². The maximum atomic E-state index is 13.2. The highest BCUT2D eigenvalue weighted by Gasteiger charge is 2.01. The van der Waals surface area contributed by atoms with Gasteiger partial charge in [-0.05, 0) is 29.8 Å². The highest BCUT2D eigenvalue weighted by Crippen LogP contribution is 2.12. The Kier molecular flexibility index (Phi) is 3.37. The van der Waals surface area contributed by atoms with Gasteiger partial charge in [-0.15, -0.1) is 0 Å². The summed E-state index contributed by atoms with van der Waals surface area (Å²) < 4.78 is 13.2. The standard InChI is InChI=1S/C12H10ClFN2/c13-10-5-3-9(4-6-10)8-16-12-11(14)2-1-7-15-12/h1-7H,8H2,(H,15,16). The van der Waals surface area contributed by atoms with Crippen LogP contribution in [0, 0.1) is 5.82 Å². The van der Waals surface area contributed by atoms with Crippen molar-refractivity contribution >= 4 is 17.4 Å². The maximum absolute atomic E-state index is 13.2. The molecule has 0 bridgehead atoms. The summed E-state index contributed by atoms with van der Waals surface area (Å²) in [7, 11) is 0. The van der Waals surface area contributed by atoms with Gasteiger partial charge in [-0.2, -0.15) is 0 Å². The van der Waals surface area contributed by atoms with Gasteiger partial charge in [0.2, 0.25) is 0 Å². The molecule has 2 aromatic rings. The first-order valence-corrected chi connectivity index (χ1v) is 5.22. The van der Waals surface area contributed by atoms with Gasteiger partial charge in [0, 0.05) is 17.8 Å². The first-order valence-electron chi connectivity index (χ1n) is 4.84. The van der Waals surface area contributed by atoms with Crippen LogP contribution in [0.3, 0.4) is 0 Å². The molecule has 16 heavy (non-hydrogen) atoms. The van der Waals surface area contributed by atoms with Crippen molar-refractivity contribution in [3.63, 3.8) is 0 Å². The van der Waals surface area contributed by atoms with Crippen LogP contribution in [0.2, 0.25) is 5.02 Å². The smallest absolute Gasteiger partial charge is 0.165 e. The van der Waals surface area contributed by atoms with Crippen LogP contribution in [0.5, 0.6) is 0 Å². The number of halogens is 2. The summed E-state index contributed by atoms with van der Waals surface area (Å²) in [6.07, 6.45) is 1.55. The summed E-state index contributed by atoms with van der Waals surface area (Å²) >= 11 is 5.76. The van der Waals surface area contributed by atoms with Gasteiger partial charge in [-0.1, -0.05) is 23.7 Å². The van der Waals surface area contributed by atoms with E-state index in [2.05, 4.69) is 10.3 Å². The number of anilines is 1. The zero-order valence-corrected chi connectivity index (χ0v) is 9.21. The Balaban J connectivity index is 2.02. The number of pyridine rings is 1. The zero-order valence-electron chi connectivity index (χ0n) is 8.45. The Morgan fingerprint density at radius 3 is 2.62 bits per heavy atom. The number of benzene rings is 1. The lowest BCUT2D eigenvalue weighted by Gasteiger charge is -2.06. The number of hydrogen-bond acceptors (Lipinski definition) is 2. The normalized spacial score (nSPS) is 10.1. The zero-order chi connectivity index (χ0) is 11.4. The molecule has 0 atom stereocenters. The largest absolute Gasteiger partial charge is 0.364 e. The van der Waals surface area contributed by atoms with Crippen molar-refractivity contribution < 1.29 is 4.39 Å². The summed E-state index contributed by atoms with van der Waals surface area (Å²) in [6, 6.07) is 10.3. The summed E-state index contributed by atoms with van der Waals surface area (Å²) in [6.45, 7) is 0.519. The van der Waals surface area contributed by atoms with E-state index in [1.54, 1.807) is 24.4 Å². The molecule has 0 aliphatic rings. The molecule has 1 aromatic carbocycles. The van der Waals surface area contributed by atoms with Crippen LogP contribution in [-0.4, -0.2) is 4.98 Å². The predicted octanol–water partition coefficient (Wildman–Crippen LogP) is 3.49. The number of hydrogen-bond donors (Lipinski definition) is 1. The Hall–Kier alpha value is -1.61. The van der Waals surface area contributed by atoms with Crippen molar-refractivity contribution in [2.75, 3.05) is 5.32 Å². The first-order chi connectivity index (χ1) is 7.75. The van der Waals surface area contributed by atoms with E-state index in [1.807, 2.05) is 12.1 Å². The molecule has 82 valence electrons. The quantitative estimate of drug-likeness (QED) is 0.883. The van der Waals surface area contributed by atoms with Crippen LogP contribution in [0.1, 0.15) is 5.56 Å². The Morgan fingerprint density at radius 2 is 1.94 bits per heavy atom. The molecule has 2 rings (SSSR count). The highest BCUT2D eigenvalue weighted by atomic mass is 35.5. The second-order valence-corrected chi connectivity index (χ2v) is 3.75. The van der Waals surface area contributed by atoms with Crippen LogP contribution >= 0.6 is 11.6 Å². The van der Waals surface area contributed by atoms with Gasteiger partial charge in [0.15, 0.2) is 11.6 Å². The fraction of sp³-hybridized carbons (Fsp3) is 0.0833. The van der Waals surface area contributed by atoms with Crippen LogP contribution < -0.4 is 5.32 Å². The van der Waals surface area contributed by atoms with Crippen LogP contribution in [0.4, 0.5) is 10.2 Å². The second kappa shape index (κ2) is 4.94. The van der Waals surface area contributed by atoms with Crippen molar-refractivity contribution in [3.05, 3.63) is 59.0 Å². The summed E-state index contributed by atoms with van der Waals surface area (Å²) in [5.74, 6) is -0.0890. The van der Waals surface area contributed by atoms with Crippen LogP contribution in [0.25, 0.3) is 0 Å². The van der Waals surface area contributed by atoms with E-state index in [-0.39, 0.29) is 11.6 Å². The molecule has 0 fully saturated rings. The number of nitrogens with zero attached hydrogens (tertiary/aromatic N) is 1. The molecule has 0 saturated heterocycles. The minimum atomic E-state index is -0.350. The Morgan fingerprint density at radius 1 is 1.19 bits per heavy atom. The predicted molar refractivity (Wildman–Crippen MR) is 63.0 cm³/mol. The summed E-state index contributed by atoms with van der Waals surface area (Å²) in [4.78, 5) is 3.90. The fourth-order valence-corrected chi connectivity index (χ4v) is 1.43. The molecule has 0 radical (unpaired) electrons. The van der Waals surface area contributed by atoms with Gasteiger partial charge in [0.05, 0.1) is 0 Å². The monoisotopic (exact) mass is 236 g/mol. The van der Waals surface area contributed by atoms with E-state index in [1.165, 1.54) is 6.07 Å². The third-order valence-electron chi connectivity index (χ3n) is 2.13. The average Bonchev–Trinajstić information content (AvgIpc) is 2.30. The van der Waals surface area contributed by atoms with E-state index >= 15 is 0 Å². The van der Waals surface area contributed by atoms with Crippen molar-refractivity contribution in [2.24, 2.45) is 0 Å². The molecule has 1 N–H and O–H groups in total. The van der Waals surface area contributed by atoms with Gasteiger partial charge >= 0.3 is 0 Å². The van der Waals surface area contributed by atoms with Gasteiger partial charge in [0.1, 0.15) is 0 Å². The topological polar surface area (TPSA) is 24.9 Å². The third kappa shape index (κ3) is 2.70. The van der Waals surface area contributed by atoms with E-state index < -0.39 is 0 Å². The molecule has 0 aliphatic carbocycles. The molecule has 2 nitrogen and oxygen atoms in total. The van der Waals surface area contributed by atoms with E-state index in [9.17, 15) is 4.39 Å². The van der Waals surface area contributed by atoms with Gasteiger partial charge < -0.3 is 5.32 Å². The van der Waals surface area contributed by atoms with Crippen LogP contribution in [0.15, 0.2) is 42.6 Å². The summed E-state index contributed by atoms with van der Waals surface area (Å²) in [5, 5.41) is 3.61. The molecular formula is C12H10ClFN2. The number of rotatable bonds is 3.